The van der Waals surface area contributed by atoms with Crippen LogP contribution in [0.2, 0.25) is 0 Å². The van der Waals surface area contributed by atoms with Gasteiger partial charge in [-0.15, -0.1) is 0 Å². The van der Waals surface area contributed by atoms with Crippen LogP contribution in [0.3, 0.4) is 0 Å². The highest BCUT2D eigenvalue weighted by Gasteiger charge is 2.63. The molecule has 2 aliphatic rings. The van der Waals surface area contributed by atoms with Crippen LogP contribution in [0.5, 0.6) is 0 Å². The first-order valence-electron chi connectivity index (χ1n) is 12.3. The lowest BCUT2D eigenvalue weighted by Crippen LogP contribution is -2.55. The summed E-state index contributed by atoms with van der Waals surface area (Å²) in [6, 6.07) is 26.1. The van der Waals surface area contributed by atoms with Gasteiger partial charge in [0.05, 0.1) is 0 Å². The largest absolute Gasteiger partial charge is 0.396 e. The van der Waals surface area contributed by atoms with Gasteiger partial charge in [0.1, 0.15) is 0 Å². The second-order valence-corrected chi connectivity index (χ2v) is 10.3. The van der Waals surface area contributed by atoms with Crippen molar-refractivity contribution >= 4 is 5.57 Å². The molecule has 1 unspecified atom stereocenters. The van der Waals surface area contributed by atoms with E-state index in [1.165, 1.54) is 39.0 Å². The van der Waals surface area contributed by atoms with Crippen LogP contribution in [0.4, 0.5) is 0 Å². The summed E-state index contributed by atoms with van der Waals surface area (Å²) in [6.45, 7) is 8.91. The van der Waals surface area contributed by atoms with E-state index in [0.29, 0.717) is 12.8 Å². The molecule has 34 heavy (non-hydrogen) atoms. The van der Waals surface area contributed by atoms with Gasteiger partial charge in [-0.25, -0.2) is 0 Å². The summed E-state index contributed by atoms with van der Waals surface area (Å²) in [5.41, 5.74) is 7.85. The van der Waals surface area contributed by atoms with Crippen LogP contribution in [-0.4, -0.2) is 23.4 Å². The minimum absolute atomic E-state index is 0.0955. The number of benzene rings is 3. The summed E-state index contributed by atoms with van der Waals surface area (Å²) in [5, 5.41) is 21.0. The van der Waals surface area contributed by atoms with Crippen LogP contribution in [0.1, 0.15) is 55.4 Å². The van der Waals surface area contributed by atoms with Crippen LogP contribution in [-0.2, 0) is 10.8 Å². The van der Waals surface area contributed by atoms with E-state index in [1.54, 1.807) is 0 Å². The predicted molar refractivity (Wildman–Crippen MR) is 141 cm³/mol. The molecular weight excluding hydrogens is 416 g/mol. The molecule has 1 atom stereocenters. The third-order valence-electron chi connectivity index (χ3n) is 8.95. The Morgan fingerprint density at radius 2 is 1.26 bits per heavy atom. The molecule has 0 spiro atoms. The minimum Gasteiger partial charge on any atom is -0.396 e. The van der Waals surface area contributed by atoms with Crippen molar-refractivity contribution in [3.8, 4) is 11.1 Å². The Bertz CT molecular complexity index is 1220. The summed E-state index contributed by atoms with van der Waals surface area (Å²) in [5.74, 6) is 0. The topological polar surface area (TPSA) is 40.5 Å². The maximum atomic E-state index is 10.5. The maximum absolute atomic E-state index is 10.5. The molecule has 174 valence electrons. The second-order valence-electron chi connectivity index (χ2n) is 10.3. The molecule has 0 heterocycles. The minimum atomic E-state index is -0.402. The quantitative estimate of drug-likeness (QED) is 0.423. The van der Waals surface area contributed by atoms with E-state index < -0.39 is 5.41 Å². The standard InChI is InChI=1S/C32H34O2/c1-4-11-23-22-31(18-20-33,27-15-8-5-12-24(23)27)30(2,3)32(19-21-34)28-16-9-6-13-25(28)26-14-7-10-17-29(26)32/h4-17,33-34H,1,18-22H2,2-3H3/b23-11+. The van der Waals surface area contributed by atoms with Crippen LogP contribution >= 0.6 is 0 Å². The first-order valence-corrected chi connectivity index (χ1v) is 12.3. The number of allylic oxidation sites excluding steroid dienone is 3. The molecule has 3 aromatic rings. The third kappa shape index (κ3) is 2.82. The highest BCUT2D eigenvalue weighted by molar-refractivity contribution is 5.83. The summed E-state index contributed by atoms with van der Waals surface area (Å²) in [4.78, 5) is 0. The Balaban J connectivity index is 1.86. The lowest BCUT2D eigenvalue weighted by atomic mass is 9.46. The van der Waals surface area contributed by atoms with E-state index in [-0.39, 0.29) is 24.0 Å². The van der Waals surface area contributed by atoms with Gasteiger partial charge in [-0.1, -0.05) is 105 Å². The van der Waals surface area contributed by atoms with Crippen LogP contribution in [0.25, 0.3) is 16.7 Å². The van der Waals surface area contributed by atoms with Gasteiger partial charge in [0.25, 0.3) is 0 Å². The Hall–Kier alpha value is -2.94. The van der Waals surface area contributed by atoms with Crippen molar-refractivity contribution in [2.75, 3.05) is 13.2 Å². The zero-order chi connectivity index (χ0) is 24.0. The zero-order valence-corrected chi connectivity index (χ0v) is 20.2. The van der Waals surface area contributed by atoms with Gasteiger partial charge in [-0.3, -0.25) is 0 Å². The Kier molecular flexibility index (Phi) is 5.62. The molecule has 0 saturated carbocycles. The Morgan fingerprint density at radius 1 is 0.765 bits per heavy atom. The summed E-state index contributed by atoms with van der Waals surface area (Å²) in [7, 11) is 0. The number of aliphatic hydroxyl groups excluding tert-OH is 2. The molecule has 3 aromatic carbocycles. The van der Waals surface area contributed by atoms with Gasteiger partial charge in [0, 0.05) is 24.0 Å². The number of rotatable bonds is 7. The molecule has 0 fully saturated rings. The number of hydrogen-bond acceptors (Lipinski definition) is 2. The van der Waals surface area contributed by atoms with Crippen molar-refractivity contribution in [1.82, 2.24) is 0 Å². The molecule has 2 aliphatic carbocycles. The monoisotopic (exact) mass is 450 g/mol. The molecule has 5 rings (SSSR count). The first kappa shape index (κ1) is 22.8. The first-order chi connectivity index (χ1) is 16.5. The SMILES string of the molecule is C=C/C=C1\CC(CCO)(C(C)(C)C2(CCO)c3ccccc3-c3ccccc32)c2ccccc21. The molecule has 0 bridgehead atoms. The van der Waals surface area contributed by atoms with Gasteiger partial charge in [0.2, 0.25) is 0 Å². The molecule has 0 saturated heterocycles. The third-order valence-corrected chi connectivity index (χ3v) is 8.95. The van der Waals surface area contributed by atoms with Crippen molar-refractivity contribution in [2.24, 2.45) is 5.41 Å². The van der Waals surface area contributed by atoms with Gasteiger partial charge >= 0.3 is 0 Å². The normalized spacial score (nSPS) is 21.2. The fourth-order valence-corrected chi connectivity index (χ4v) is 7.43. The maximum Gasteiger partial charge on any atom is 0.0442 e. The highest BCUT2D eigenvalue weighted by Crippen LogP contribution is 2.68. The van der Waals surface area contributed by atoms with E-state index in [4.69, 9.17) is 0 Å². The molecule has 2 N–H and O–H groups in total. The summed E-state index contributed by atoms with van der Waals surface area (Å²) >= 11 is 0. The molecule has 0 amide bonds. The second kappa shape index (κ2) is 8.37. The van der Waals surface area contributed by atoms with Crippen LogP contribution in [0, 0.1) is 5.41 Å². The Labute approximate surface area is 203 Å². The Morgan fingerprint density at radius 3 is 1.79 bits per heavy atom. The van der Waals surface area contributed by atoms with Gasteiger partial charge in [-0.2, -0.15) is 0 Å². The van der Waals surface area contributed by atoms with E-state index in [2.05, 4.69) is 99.3 Å². The number of hydrogen-bond donors (Lipinski definition) is 2. The van der Waals surface area contributed by atoms with E-state index in [0.717, 1.165) is 6.42 Å². The van der Waals surface area contributed by atoms with Crippen molar-refractivity contribution in [2.45, 2.75) is 43.9 Å². The predicted octanol–water partition coefficient (Wildman–Crippen LogP) is 6.66. The molecule has 0 aromatic heterocycles. The van der Waals surface area contributed by atoms with Crippen molar-refractivity contribution in [1.29, 1.82) is 0 Å². The molecule has 0 aliphatic heterocycles. The van der Waals surface area contributed by atoms with Gasteiger partial charge in [-0.05, 0) is 63.6 Å². The molecular formula is C32H34O2. The lowest BCUT2D eigenvalue weighted by Gasteiger charge is -2.56. The van der Waals surface area contributed by atoms with Gasteiger partial charge in [0.15, 0.2) is 0 Å². The summed E-state index contributed by atoms with van der Waals surface area (Å²) < 4.78 is 0. The van der Waals surface area contributed by atoms with E-state index in [1.807, 2.05) is 6.08 Å². The zero-order valence-electron chi connectivity index (χ0n) is 20.2. The smallest absolute Gasteiger partial charge is 0.0442 e. The van der Waals surface area contributed by atoms with Gasteiger partial charge < -0.3 is 10.2 Å². The molecule has 0 radical (unpaired) electrons. The fourth-order valence-electron chi connectivity index (χ4n) is 7.43. The van der Waals surface area contributed by atoms with E-state index >= 15 is 0 Å². The average Bonchev–Trinajstić information content (AvgIpc) is 3.33. The average molecular weight is 451 g/mol. The van der Waals surface area contributed by atoms with Crippen molar-refractivity contribution in [3.05, 3.63) is 114 Å². The lowest BCUT2D eigenvalue weighted by molar-refractivity contribution is 0.0408. The summed E-state index contributed by atoms with van der Waals surface area (Å²) in [6.07, 6.45) is 6.12. The van der Waals surface area contributed by atoms with Crippen LogP contribution in [0.15, 0.2) is 91.5 Å². The molecule has 2 heteroatoms. The van der Waals surface area contributed by atoms with Crippen LogP contribution < -0.4 is 0 Å². The van der Waals surface area contributed by atoms with Crippen molar-refractivity contribution < 1.29 is 10.2 Å². The molecule has 2 nitrogen and oxygen atoms in total. The van der Waals surface area contributed by atoms with Crippen molar-refractivity contribution in [3.63, 3.8) is 0 Å². The highest BCUT2D eigenvalue weighted by atomic mass is 16.3. The fraction of sp³-hybridized carbons (Fsp3) is 0.312. The number of fused-ring (bicyclic) bond motifs is 4. The number of aliphatic hydroxyl groups is 2. The van der Waals surface area contributed by atoms with E-state index in [9.17, 15) is 10.2 Å².